The van der Waals surface area contributed by atoms with E-state index in [0.717, 1.165) is 4.83 Å². The van der Waals surface area contributed by atoms with Crippen molar-refractivity contribution in [2.24, 2.45) is 5.92 Å². The highest BCUT2D eigenvalue weighted by atomic mass is 32.1. The minimum Gasteiger partial charge on any atom is -0.297 e. The van der Waals surface area contributed by atoms with Crippen molar-refractivity contribution in [1.29, 1.82) is 0 Å². The summed E-state index contributed by atoms with van der Waals surface area (Å²) in [7, 11) is 0. The Morgan fingerprint density at radius 3 is 3.00 bits per heavy atom. The van der Waals surface area contributed by atoms with Gasteiger partial charge in [0, 0.05) is 5.92 Å². The van der Waals surface area contributed by atoms with Gasteiger partial charge in [-0.2, -0.15) is 0 Å². The summed E-state index contributed by atoms with van der Waals surface area (Å²) < 4.78 is 1.37. The molecular weight excluding hydrogens is 224 g/mol. The maximum Gasteiger partial charge on any atom is 0.262 e. The fourth-order valence-corrected chi connectivity index (χ4v) is 2.08. The first-order valence-electron chi connectivity index (χ1n) is 5.05. The number of thiophene rings is 1. The summed E-state index contributed by atoms with van der Waals surface area (Å²) >= 11 is 1.43. The number of hydrogen-bond acceptors (Lipinski definition) is 4. The first-order valence-corrected chi connectivity index (χ1v) is 5.93. The SMILES string of the molecule is CC(C)C(=O)Cn1cnc2sccc2c1=O. The summed E-state index contributed by atoms with van der Waals surface area (Å²) in [4.78, 5) is 28.3. The van der Waals surface area contributed by atoms with Crippen LogP contribution < -0.4 is 5.56 Å². The van der Waals surface area contributed by atoms with Crippen LogP contribution in [0.3, 0.4) is 0 Å². The quantitative estimate of drug-likeness (QED) is 0.814. The van der Waals surface area contributed by atoms with Crippen LogP contribution in [0.25, 0.3) is 10.2 Å². The fraction of sp³-hybridized carbons (Fsp3) is 0.364. The number of carbonyl (C=O) groups is 1. The van der Waals surface area contributed by atoms with Crippen LogP contribution in [0.5, 0.6) is 0 Å². The van der Waals surface area contributed by atoms with Crippen LogP contribution in [-0.2, 0) is 11.3 Å². The van der Waals surface area contributed by atoms with E-state index < -0.39 is 0 Å². The second kappa shape index (κ2) is 4.17. The van der Waals surface area contributed by atoms with Crippen molar-refractivity contribution in [3.63, 3.8) is 0 Å². The van der Waals surface area contributed by atoms with E-state index in [1.54, 1.807) is 6.07 Å². The van der Waals surface area contributed by atoms with Crippen molar-refractivity contribution < 1.29 is 4.79 Å². The molecule has 0 fully saturated rings. The molecule has 0 saturated heterocycles. The molecule has 16 heavy (non-hydrogen) atoms. The first kappa shape index (κ1) is 11.0. The zero-order valence-electron chi connectivity index (χ0n) is 9.14. The molecule has 0 aliphatic heterocycles. The van der Waals surface area contributed by atoms with Gasteiger partial charge in [-0.1, -0.05) is 13.8 Å². The second-order valence-corrected chi connectivity index (χ2v) is 4.83. The minimum absolute atomic E-state index is 0.0403. The lowest BCUT2D eigenvalue weighted by atomic mass is 10.1. The van der Waals surface area contributed by atoms with E-state index in [1.165, 1.54) is 22.2 Å². The molecule has 0 N–H and O–H groups in total. The normalized spacial score (nSPS) is 11.2. The molecule has 2 aromatic heterocycles. The van der Waals surface area contributed by atoms with Gasteiger partial charge in [0.25, 0.3) is 5.56 Å². The van der Waals surface area contributed by atoms with Crippen LogP contribution in [-0.4, -0.2) is 15.3 Å². The molecular formula is C11H12N2O2S. The average Bonchev–Trinajstić information content (AvgIpc) is 2.70. The Morgan fingerprint density at radius 1 is 1.56 bits per heavy atom. The van der Waals surface area contributed by atoms with Gasteiger partial charge in [0.2, 0.25) is 0 Å². The third kappa shape index (κ3) is 1.90. The van der Waals surface area contributed by atoms with Crippen LogP contribution in [0.1, 0.15) is 13.8 Å². The minimum atomic E-state index is -0.139. The van der Waals surface area contributed by atoms with Crippen molar-refractivity contribution in [3.05, 3.63) is 28.1 Å². The molecule has 0 radical (unpaired) electrons. The molecule has 0 aromatic carbocycles. The predicted octanol–water partition coefficient (Wildman–Crippen LogP) is 1.68. The van der Waals surface area contributed by atoms with E-state index in [1.807, 2.05) is 19.2 Å². The van der Waals surface area contributed by atoms with Crippen LogP contribution in [0.15, 0.2) is 22.6 Å². The van der Waals surface area contributed by atoms with Gasteiger partial charge < -0.3 is 0 Å². The molecule has 2 heterocycles. The fourth-order valence-electron chi connectivity index (χ4n) is 1.36. The number of nitrogens with zero attached hydrogens (tertiary/aromatic N) is 2. The van der Waals surface area contributed by atoms with E-state index in [-0.39, 0.29) is 23.8 Å². The lowest BCUT2D eigenvalue weighted by Gasteiger charge is -2.06. The average molecular weight is 236 g/mol. The highest BCUT2D eigenvalue weighted by molar-refractivity contribution is 7.16. The summed E-state index contributed by atoms with van der Waals surface area (Å²) in [5.74, 6) is -0.0245. The van der Waals surface area contributed by atoms with Gasteiger partial charge in [0.05, 0.1) is 18.3 Å². The number of ketones is 1. The number of carbonyl (C=O) groups excluding carboxylic acids is 1. The summed E-state index contributed by atoms with van der Waals surface area (Å²) in [6, 6.07) is 1.74. The number of fused-ring (bicyclic) bond motifs is 1. The number of Topliss-reactive ketones (excluding diaryl/α,β-unsaturated/α-hetero) is 1. The first-order chi connectivity index (χ1) is 7.59. The Balaban J connectivity index is 2.42. The van der Waals surface area contributed by atoms with Crippen LogP contribution in [0, 0.1) is 5.92 Å². The van der Waals surface area contributed by atoms with Gasteiger partial charge in [-0.15, -0.1) is 11.3 Å². The van der Waals surface area contributed by atoms with Crippen molar-refractivity contribution in [3.8, 4) is 0 Å². The Hall–Kier alpha value is -1.49. The molecule has 2 rings (SSSR count). The molecule has 0 bridgehead atoms. The molecule has 5 heteroatoms. The van der Waals surface area contributed by atoms with Gasteiger partial charge in [0.15, 0.2) is 5.78 Å². The summed E-state index contributed by atoms with van der Waals surface area (Å²) in [5.41, 5.74) is -0.139. The summed E-state index contributed by atoms with van der Waals surface area (Å²) in [6.45, 7) is 3.75. The largest absolute Gasteiger partial charge is 0.297 e. The van der Waals surface area contributed by atoms with Gasteiger partial charge in [-0.25, -0.2) is 4.98 Å². The third-order valence-electron chi connectivity index (χ3n) is 2.42. The summed E-state index contributed by atoms with van der Waals surface area (Å²) in [5, 5.41) is 2.41. The lowest BCUT2D eigenvalue weighted by molar-refractivity contribution is -0.122. The molecule has 0 aliphatic carbocycles. The topological polar surface area (TPSA) is 52.0 Å². The maximum atomic E-state index is 11.9. The molecule has 0 aliphatic rings. The molecule has 4 nitrogen and oxygen atoms in total. The third-order valence-corrected chi connectivity index (χ3v) is 3.24. The molecule has 0 unspecified atom stereocenters. The molecule has 0 spiro atoms. The Kier molecular flexibility index (Phi) is 2.87. The van der Waals surface area contributed by atoms with E-state index in [9.17, 15) is 9.59 Å². The van der Waals surface area contributed by atoms with E-state index in [4.69, 9.17) is 0 Å². The smallest absolute Gasteiger partial charge is 0.262 e. The van der Waals surface area contributed by atoms with E-state index in [2.05, 4.69) is 4.98 Å². The van der Waals surface area contributed by atoms with Gasteiger partial charge in [0.1, 0.15) is 4.83 Å². The lowest BCUT2D eigenvalue weighted by Crippen LogP contribution is -2.26. The van der Waals surface area contributed by atoms with E-state index in [0.29, 0.717) is 5.39 Å². The monoisotopic (exact) mass is 236 g/mol. The van der Waals surface area contributed by atoms with Crippen molar-refractivity contribution >= 4 is 27.3 Å². The zero-order valence-corrected chi connectivity index (χ0v) is 9.95. The predicted molar refractivity (Wildman–Crippen MR) is 63.7 cm³/mol. The Labute approximate surface area is 96.6 Å². The summed E-state index contributed by atoms with van der Waals surface area (Å²) in [6.07, 6.45) is 1.45. The van der Waals surface area contributed by atoms with Crippen molar-refractivity contribution in [2.45, 2.75) is 20.4 Å². The Bertz CT molecular complexity index is 583. The zero-order chi connectivity index (χ0) is 11.7. The molecule has 2 aromatic rings. The molecule has 84 valence electrons. The van der Waals surface area contributed by atoms with Crippen LogP contribution in [0.2, 0.25) is 0 Å². The van der Waals surface area contributed by atoms with Crippen LogP contribution >= 0.6 is 11.3 Å². The highest BCUT2D eigenvalue weighted by Crippen LogP contribution is 2.13. The molecule has 0 atom stereocenters. The molecule has 0 saturated carbocycles. The van der Waals surface area contributed by atoms with E-state index >= 15 is 0 Å². The Morgan fingerprint density at radius 2 is 2.31 bits per heavy atom. The highest BCUT2D eigenvalue weighted by Gasteiger charge is 2.11. The number of rotatable bonds is 3. The van der Waals surface area contributed by atoms with Gasteiger partial charge in [-0.05, 0) is 11.4 Å². The maximum absolute atomic E-state index is 11.9. The second-order valence-electron chi connectivity index (χ2n) is 3.94. The number of aromatic nitrogens is 2. The number of hydrogen-bond donors (Lipinski definition) is 0. The van der Waals surface area contributed by atoms with Crippen molar-refractivity contribution in [1.82, 2.24) is 9.55 Å². The van der Waals surface area contributed by atoms with Gasteiger partial charge >= 0.3 is 0 Å². The molecule has 0 amide bonds. The van der Waals surface area contributed by atoms with Gasteiger partial charge in [-0.3, -0.25) is 14.2 Å². The standard InChI is InChI=1S/C11H12N2O2S/c1-7(2)9(14)5-13-6-12-10-8(11(13)15)3-4-16-10/h3-4,6-7H,5H2,1-2H3. The van der Waals surface area contributed by atoms with Crippen LogP contribution in [0.4, 0.5) is 0 Å². The van der Waals surface area contributed by atoms with Crippen molar-refractivity contribution in [2.75, 3.05) is 0 Å².